The zero-order valence-corrected chi connectivity index (χ0v) is 19.2. The SMILES string of the molecule is C=CC(=O)OCCC[SiH2]OCC.CCC[Si](OCC)(OCC)OCC. The van der Waals surface area contributed by atoms with Gasteiger partial charge in [-0.05, 0) is 40.2 Å². The minimum atomic E-state index is -2.30. The van der Waals surface area contributed by atoms with Crippen LogP contribution in [0, 0.1) is 0 Å². The van der Waals surface area contributed by atoms with E-state index in [0.717, 1.165) is 31.5 Å². The van der Waals surface area contributed by atoms with Crippen LogP contribution in [0.25, 0.3) is 0 Å². The molecule has 0 aromatic heterocycles. The summed E-state index contributed by atoms with van der Waals surface area (Å²) in [4.78, 5) is 10.5. The molecule has 0 fully saturated rings. The van der Waals surface area contributed by atoms with Crippen LogP contribution in [-0.2, 0) is 27.2 Å². The Kier molecular flexibility index (Phi) is 21.2. The first kappa shape index (κ1) is 26.7. The number of esters is 1. The van der Waals surface area contributed by atoms with E-state index in [9.17, 15) is 4.79 Å². The standard InChI is InChI=1S/C9H22O3Si.C8H16O3Si/c1-5-9-13(10-6-2,11-7-3)12-8-4;1-3-8(9)10-6-5-7-12-11-4-2/h5-9H2,1-4H3;3H,1,4-7,12H2,2H3. The topological polar surface area (TPSA) is 63.2 Å². The van der Waals surface area contributed by atoms with Crippen molar-refractivity contribution in [3.63, 3.8) is 0 Å². The first-order valence-corrected chi connectivity index (χ1v) is 12.8. The lowest BCUT2D eigenvalue weighted by Gasteiger charge is -2.27. The van der Waals surface area contributed by atoms with Gasteiger partial charge in [0.1, 0.15) is 0 Å². The minimum absolute atomic E-state index is 0.340. The van der Waals surface area contributed by atoms with E-state index in [4.69, 9.17) is 22.4 Å². The van der Waals surface area contributed by atoms with Crippen molar-refractivity contribution in [1.82, 2.24) is 0 Å². The van der Waals surface area contributed by atoms with Crippen LogP contribution < -0.4 is 0 Å². The van der Waals surface area contributed by atoms with E-state index in [-0.39, 0.29) is 15.7 Å². The Bertz CT molecular complexity index is 286. The summed E-state index contributed by atoms with van der Waals surface area (Å²) in [6.07, 6.45) is 3.14. The summed E-state index contributed by atoms with van der Waals surface area (Å²) < 4.78 is 27.0. The Hall–Kier alpha value is -0.516. The van der Waals surface area contributed by atoms with Crippen molar-refractivity contribution in [2.45, 2.75) is 59.5 Å². The second kappa shape index (κ2) is 19.8. The van der Waals surface area contributed by atoms with Crippen LogP contribution in [0.15, 0.2) is 12.7 Å². The van der Waals surface area contributed by atoms with Crippen molar-refractivity contribution in [3.8, 4) is 0 Å². The van der Waals surface area contributed by atoms with Gasteiger partial charge in [0.2, 0.25) is 0 Å². The van der Waals surface area contributed by atoms with Gasteiger partial charge in [-0.15, -0.1) is 0 Å². The smallest absolute Gasteiger partial charge is 0.463 e. The van der Waals surface area contributed by atoms with Crippen molar-refractivity contribution < 1.29 is 27.2 Å². The Morgan fingerprint density at radius 2 is 1.56 bits per heavy atom. The molecule has 0 unspecified atom stereocenters. The number of ether oxygens (including phenoxy) is 1. The third-order valence-electron chi connectivity index (χ3n) is 2.95. The van der Waals surface area contributed by atoms with E-state index in [2.05, 4.69) is 13.5 Å². The lowest BCUT2D eigenvalue weighted by Crippen LogP contribution is -2.45. The molecule has 0 N–H and O–H groups in total. The summed E-state index contributed by atoms with van der Waals surface area (Å²) in [5.41, 5.74) is 0. The van der Waals surface area contributed by atoms with Crippen molar-refractivity contribution in [2.75, 3.05) is 33.0 Å². The van der Waals surface area contributed by atoms with Crippen LogP contribution in [0.1, 0.15) is 47.5 Å². The molecule has 0 amide bonds. The van der Waals surface area contributed by atoms with Gasteiger partial charge in [0.15, 0.2) is 9.76 Å². The van der Waals surface area contributed by atoms with E-state index >= 15 is 0 Å². The fraction of sp³-hybridized carbons (Fsp3) is 0.824. The molecule has 0 heterocycles. The molecule has 0 atom stereocenters. The molecular weight excluding hydrogens is 356 g/mol. The van der Waals surface area contributed by atoms with Crippen molar-refractivity contribution >= 4 is 24.5 Å². The summed E-state index contributed by atoms with van der Waals surface area (Å²) in [5, 5.41) is 0. The van der Waals surface area contributed by atoms with Crippen LogP contribution in [0.2, 0.25) is 12.1 Å². The van der Waals surface area contributed by atoms with Gasteiger partial charge in [-0.3, -0.25) is 0 Å². The summed E-state index contributed by atoms with van der Waals surface area (Å²) in [6.45, 7) is 16.7. The zero-order valence-electron chi connectivity index (χ0n) is 16.8. The molecule has 0 rings (SSSR count). The normalized spacial score (nSPS) is 11.2. The van der Waals surface area contributed by atoms with E-state index < -0.39 is 8.80 Å². The third-order valence-corrected chi connectivity index (χ3v) is 7.73. The quantitative estimate of drug-likeness (QED) is 0.184. The molecule has 0 bridgehead atoms. The third kappa shape index (κ3) is 16.7. The largest absolute Gasteiger partial charge is 0.500 e. The van der Waals surface area contributed by atoms with Gasteiger partial charge in [-0.2, -0.15) is 0 Å². The molecule has 0 aromatic rings. The Morgan fingerprint density at radius 1 is 1.00 bits per heavy atom. The predicted octanol–water partition coefficient (Wildman–Crippen LogP) is 3.09. The van der Waals surface area contributed by atoms with Gasteiger partial charge >= 0.3 is 14.8 Å². The Morgan fingerprint density at radius 3 is 1.96 bits per heavy atom. The second-order valence-corrected chi connectivity index (χ2v) is 9.26. The highest BCUT2D eigenvalue weighted by Gasteiger charge is 2.38. The molecule has 8 heteroatoms. The van der Waals surface area contributed by atoms with Gasteiger partial charge in [-0.25, -0.2) is 4.79 Å². The van der Waals surface area contributed by atoms with Gasteiger partial charge < -0.3 is 22.4 Å². The molecule has 0 radical (unpaired) electrons. The summed E-state index contributed by atoms with van der Waals surface area (Å²) in [7, 11) is -2.65. The highest BCUT2D eigenvalue weighted by molar-refractivity contribution is 6.60. The van der Waals surface area contributed by atoms with Crippen LogP contribution >= 0.6 is 0 Å². The second-order valence-electron chi connectivity index (χ2n) is 5.01. The molecule has 0 aromatic carbocycles. The monoisotopic (exact) mass is 394 g/mol. The molecule has 0 saturated heterocycles. The number of rotatable bonds is 15. The molecule has 0 spiro atoms. The first-order chi connectivity index (χ1) is 12.1. The Balaban J connectivity index is 0. The number of carbonyl (C=O) groups excluding carboxylic acids is 1. The van der Waals surface area contributed by atoms with Gasteiger partial charge in [-0.1, -0.05) is 19.9 Å². The van der Waals surface area contributed by atoms with Crippen molar-refractivity contribution in [1.29, 1.82) is 0 Å². The number of carbonyl (C=O) groups is 1. The lowest BCUT2D eigenvalue weighted by molar-refractivity contribution is -0.137. The zero-order chi connectivity index (χ0) is 19.4. The molecule has 0 aliphatic heterocycles. The maximum atomic E-state index is 10.5. The van der Waals surface area contributed by atoms with E-state index in [0.29, 0.717) is 26.4 Å². The Labute approximate surface area is 157 Å². The molecule has 0 saturated carbocycles. The molecule has 0 aliphatic rings. The van der Waals surface area contributed by atoms with Crippen molar-refractivity contribution in [3.05, 3.63) is 12.7 Å². The predicted molar refractivity (Wildman–Crippen MR) is 106 cm³/mol. The molecule has 25 heavy (non-hydrogen) atoms. The van der Waals surface area contributed by atoms with Gasteiger partial charge in [0, 0.05) is 38.5 Å². The molecule has 150 valence electrons. The summed E-state index contributed by atoms with van der Waals surface area (Å²) in [6, 6.07) is 1.99. The highest BCUT2D eigenvalue weighted by atomic mass is 28.4. The molecule has 0 aliphatic carbocycles. The molecule has 6 nitrogen and oxygen atoms in total. The van der Waals surface area contributed by atoms with Crippen molar-refractivity contribution in [2.24, 2.45) is 0 Å². The fourth-order valence-corrected chi connectivity index (χ4v) is 5.51. The average molecular weight is 395 g/mol. The fourth-order valence-electron chi connectivity index (χ4n) is 1.99. The maximum absolute atomic E-state index is 10.5. The van der Waals surface area contributed by atoms with Crippen LogP contribution in [0.5, 0.6) is 0 Å². The van der Waals surface area contributed by atoms with E-state index in [1.54, 1.807) is 0 Å². The van der Waals surface area contributed by atoms with E-state index in [1.165, 1.54) is 6.08 Å². The minimum Gasteiger partial charge on any atom is -0.463 e. The summed E-state index contributed by atoms with van der Waals surface area (Å²) in [5.74, 6) is -0.340. The number of hydrogen-bond donors (Lipinski definition) is 0. The van der Waals surface area contributed by atoms with Gasteiger partial charge in [0.25, 0.3) is 0 Å². The maximum Gasteiger partial charge on any atom is 0.500 e. The summed E-state index contributed by atoms with van der Waals surface area (Å²) >= 11 is 0. The average Bonchev–Trinajstić information content (AvgIpc) is 2.59. The lowest BCUT2D eigenvalue weighted by atomic mass is 10.5. The number of hydrogen-bond acceptors (Lipinski definition) is 6. The van der Waals surface area contributed by atoms with Gasteiger partial charge in [0.05, 0.1) is 6.61 Å². The van der Waals surface area contributed by atoms with E-state index in [1.807, 2.05) is 27.7 Å². The highest BCUT2D eigenvalue weighted by Crippen LogP contribution is 2.17. The first-order valence-electron chi connectivity index (χ1n) is 9.34. The van der Waals surface area contributed by atoms with Crippen LogP contribution in [0.3, 0.4) is 0 Å². The van der Waals surface area contributed by atoms with Crippen LogP contribution in [-0.4, -0.2) is 57.6 Å². The van der Waals surface area contributed by atoms with Crippen LogP contribution in [0.4, 0.5) is 0 Å². The molecular formula is C17H38O6Si2.